The minimum atomic E-state index is -1.83. The average Bonchev–Trinajstić information content (AvgIpc) is 2.74. The van der Waals surface area contributed by atoms with E-state index in [0.29, 0.717) is 11.1 Å². The van der Waals surface area contributed by atoms with Crippen molar-refractivity contribution in [2.24, 2.45) is 5.10 Å². The van der Waals surface area contributed by atoms with Crippen LogP contribution in [0.5, 0.6) is 0 Å². The molecule has 1 amide bonds. The first-order valence-electron chi connectivity index (χ1n) is 8.60. The first-order valence-corrected chi connectivity index (χ1v) is 8.60. The molecule has 0 aliphatic carbocycles. The van der Waals surface area contributed by atoms with Gasteiger partial charge >= 0.3 is 0 Å². The Hall–Kier alpha value is -3.50. The maximum Gasteiger partial charge on any atom is 0.281 e. The molecule has 4 nitrogen and oxygen atoms in total. The summed E-state index contributed by atoms with van der Waals surface area (Å²) in [6.07, 6.45) is 5.07. The number of nitrogens with zero attached hydrogens (tertiary/aromatic N) is 1. The van der Waals surface area contributed by atoms with E-state index in [1.54, 1.807) is 54.6 Å². The average molecular weight is 356 g/mol. The van der Waals surface area contributed by atoms with Gasteiger partial charge in [0.2, 0.25) is 0 Å². The molecule has 3 aromatic rings. The first kappa shape index (κ1) is 18.3. The number of rotatable bonds is 6. The van der Waals surface area contributed by atoms with E-state index in [2.05, 4.69) is 10.5 Å². The van der Waals surface area contributed by atoms with Gasteiger partial charge in [-0.3, -0.25) is 4.79 Å². The molecular weight excluding hydrogens is 336 g/mol. The Bertz CT molecular complexity index is 881. The Kier molecular flexibility index (Phi) is 5.92. The van der Waals surface area contributed by atoms with Gasteiger partial charge in [-0.25, -0.2) is 5.43 Å². The van der Waals surface area contributed by atoms with Crippen LogP contribution in [-0.4, -0.2) is 17.2 Å². The summed E-state index contributed by atoms with van der Waals surface area (Å²) in [7, 11) is 0. The Morgan fingerprint density at radius 1 is 0.815 bits per heavy atom. The molecule has 0 bridgehead atoms. The van der Waals surface area contributed by atoms with Gasteiger partial charge in [0.15, 0.2) is 5.60 Å². The van der Waals surface area contributed by atoms with Crippen LogP contribution in [0.15, 0.2) is 102 Å². The summed E-state index contributed by atoms with van der Waals surface area (Å²) < 4.78 is 0. The molecule has 0 radical (unpaired) electrons. The SMILES string of the molecule is O=C(NN=CC=Cc1ccccc1)C(O)(c1ccccc1)c1ccccc1. The molecule has 0 atom stereocenters. The predicted molar refractivity (Wildman–Crippen MR) is 108 cm³/mol. The van der Waals surface area contributed by atoms with Gasteiger partial charge in [-0.05, 0) is 22.8 Å². The highest BCUT2D eigenvalue weighted by Crippen LogP contribution is 2.29. The van der Waals surface area contributed by atoms with Crippen molar-refractivity contribution >= 4 is 18.2 Å². The molecule has 0 aromatic heterocycles. The number of hydrogen-bond acceptors (Lipinski definition) is 3. The fraction of sp³-hybridized carbons (Fsp3) is 0.0435. The molecule has 4 heteroatoms. The quantitative estimate of drug-likeness (QED) is 0.522. The second kappa shape index (κ2) is 8.74. The molecule has 0 unspecified atom stereocenters. The van der Waals surface area contributed by atoms with Crippen molar-refractivity contribution in [3.8, 4) is 0 Å². The third-order valence-electron chi connectivity index (χ3n) is 4.13. The van der Waals surface area contributed by atoms with E-state index in [1.165, 1.54) is 6.21 Å². The Labute approximate surface area is 158 Å². The van der Waals surface area contributed by atoms with Gasteiger partial charge in [-0.1, -0.05) is 97.1 Å². The maximum atomic E-state index is 12.8. The van der Waals surface area contributed by atoms with Crippen LogP contribution < -0.4 is 5.43 Å². The molecule has 134 valence electrons. The van der Waals surface area contributed by atoms with Gasteiger partial charge in [0.1, 0.15) is 0 Å². The van der Waals surface area contributed by atoms with Gasteiger partial charge in [0.25, 0.3) is 5.91 Å². The van der Waals surface area contributed by atoms with Crippen molar-refractivity contribution in [3.63, 3.8) is 0 Å². The lowest BCUT2D eigenvalue weighted by molar-refractivity contribution is -0.136. The van der Waals surface area contributed by atoms with Crippen LogP contribution in [0.2, 0.25) is 0 Å². The standard InChI is InChI=1S/C23H20N2O2/c26-22(25-24-18-10-13-19-11-4-1-5-12-19)23(27,20-14-6-2-7-15-20)21-16-8-3-9-17-21/h1-18,27H,(H,25,26). The molecule has 0 heterocycles. The van der Waals surface area contributed by atoms with Crippen molar-refractivity contribution in [2.45, 2.75) is 5.60 Å². The zero-order chi connectivity index (χ0) is 19.0. The number of nitrogens with one attached hydrogen (secondary N) is 1. The summed E-state index contributed by atoms with van der Waals surface area (Å²) in [5, 5.41) is 15.2. The number of hydrogen-bond donors (Lipinski definition) is 2. The predicted octanol–water partition coefficient (Wildman–Crippen LogP) is 3.74. The molecule has 3 aromatic carbocycles. The molecule has 27 heavy (non-hydrogen) atoms. The van der Waals surface area contributed by atoms with Crippen molar-refractivity contribution in [3.05, 3.63) is 114 Å². The fourth-order valence-electron chi connectivity index (χ4n) is 2.73. The highest BCUT2D eigenvalue weighted by atomic mass is 16.3. The number of carbonyl (C=O) groups excluding carboxylic acids is 1. The van der Waals surface area contributed by atoms with Gasteiger partial charge in [0, 0.05) is 6.21 Å². The monoisotopic (exact) mass is 356 g/mol. The van der Waals surface area contributed by atoms with E-state index in [9.17, 15) is 9.90 Å². The lowest BCUT2D eigenvalue weighted by atomic mass is 9.85. The van der Waals surface area contributed by atoms with E-state index in [4.69, 9.17) is 0 Å². The topological polar surface area (TPSA) is 61.7 Å². The minimum Gasteiger partial charge on any atom is -0.372 e. The molecule has 0 saturated carbocycles. The number of hydrazone groups is 1. The summed E-state index contributed by atoms with van der Waals surface area (Å²) >= 11 is 0. The third kappa shape index (κ3) is 4.37. The first-order chi connectivity index (χ1) is 13.2. The number of allylic oxidation sites excluding steroid dienone is 1. The Morgan fingerprint density at radius 2 is 1.30 bits per heavy atom. The summed E-state index contributed by atoms with van der Waals surface area (Å²) in [5.74, 6) is -0.621. The normalized spacial score (nSPS) is 11.7. The van der Waals surface area contributed by atoms with Gasteiger partial charge < -0.3 is 5.11 Å². The molecular formula is C23H20N2O2. The second-order valence-corrected chi connectivity index (χ2v) is 5.93. The summed E-state index contributed by atoms with van der Waals surface area (Å²) in [4.78, 5) is 12.8. The van der Waals surface area contributed by atoms with E-state index in [-0.39, 0.29) is 0 Å². The number of carbonyl (C=O) groups is 1. The Morgan fingerprint density at radius 3 is 1.81 bits per heavy atom. The van der Waals surface area contributed by atoms with Crippen LogP contribution in [0.25, 0.3) is 6.08 Å². The lowest BCUT2D eigenvalue weighted by Crippen LogP contribution is -2.43. The molecule has 2 N–H and O–H groups in total. The van der Waals surface area contributed by atoms with Crippen molar-refractivity contribution in [1.82, 2.24) is 5.43 Å². The van der Waals surface area contributed by atoms with Crippen molar-refractivity contribution in [1.29, 1.82) is 0 Å². The van der Waals surface area contributed by atoms with Gasteiger partial charge in [-0.2, -0.15) is 5.10 Å². The molecule has 0 aliphatic rings. The molecule has 0 aliphatic heterocycles. The highest BCUT2D eigenvalue weighted by molar-refractivity contribution is 5.90. The minimum absolute atomic E-state index is 0.476. The molecule has 0 spiro atoms. The number of aliphatic hydroxyl groups is 1. The molecule has 0 saturated heterocycles. The van der Waals surface area contributed by atoms with Crippen LogP contribution in [-0.2, 0) is 10.4 Å². The van der Waals surface area contributed by atoms with E-state index >= 15 is 0 Å². The van der Waals surface area contributed by atoms with Crippen LogP contribution in [0.1, 0.15) is 16.7 Å². The van der Waals surface area contributed by atoms with Crippen LogP contribution in [0.4, 0.5) is 0 Å². The lowest BCUT2D eigenvalue weighted by Gasteiger charge is -2.26. The summed E-state index contributed by atoms with van der Waals surface area (Å²) in [6, 6.07) is 27.4. The number of benzene rings is 3. The van der Waals surface area contributed by atoms with Crippen molar-refractivity contribution in [2.75, 3.05) is 0 Å². The third-order valence-corrected chi connectivity index (χ3v) is 4.13. The van der Waals surface area contributed by atoms with Crippen molar-refractivity contribution < 1.29 is 9.90 Å². The number of amides is 1. The van der Waals surface area contributed by atoms with Crippen LogP contribution in [0.3, 0.4) is 0 Å². The van der Waals surface area contributed by atoms with Gasteiger partial charge in [-0.15, -0.1) is 0 Å². The largest absolute Gasteiger partial charge is 0.372 e. The zero-order valence-electron chi connectivity index (χ0n) is 14.7. The summed E-state index contributed by atoms with van der Waals surface area (Å²) in [5.41, 5.74) is 2.58. The summed E-state index contributed by atoms with van der Waals surface area (Å²) in [6.45, 7) is 0. The van der Waals surface area contributed by atoms with Crippen LogP contribution >= 0.6 is 0 Å². The molecule has 3 rings (SSSR count). The smallest absolute Gasteiger partial charge is 0.281 e. The highest BCUT2D eigenvalue weighted by Gasteiger charge is 2.39. The van der Waals surface area contributed by atoms with Gasteiger partial charge in [0.05, 0.1) is 0 Å². The van der Waals surface area contributed by atoms with E-state index in [1.807, 2.05) is 48.5 Å². The van der Waals surface area contributed by atoms with E-state index < -0.39 is 11.5 Å². The fourth-order valence-corrected chi connectivity index (χ4v) is 2.73. The molecule has 0 fully saturated rings. The Balaban J connectivity index is 1.78. The van der Waals surface area contributed by atoms with Crippen LogP contribution in [0, 0.1) is 0 Å². The van der Waals surface area contributed by atoms with E-state index in [0.717, 1.165) is 5.56 Å². The zero-order valence-corrected chi connectivity index (χ0v) is 14.7. The second-order valence-electron chi connectivity index (χ2n) is 5.93. The maximum absolute atomic E-state index is 12.8.